The fourth-order valence-corrected chi connectivity index (χ4v) is 2.33. The largest absolute Gasteiger partial charge is 0.484 e. The number of carboxylic acid groups (broad SMARTS) is 1. The molecule has 0 saturated carbocycles. The molecular weight excluding hydrogens is 350 g/mol. The van der Waals surface area contributed by atoms with Crippen LogP contribution in [0.15, 0.2) is 36.4 Å². The Bertz CT molecular complexity index is 851. The summed E-state index contributed by atoms with van der Waals surface area (Å²) >= 11 is 0. The summed E-state index contributed by atoms with van der Waals surface area (Å²) in [5, 5.41) is 14.4. The Kier molecular flexibility index (Phi) is 6.87. The highest BCUT2D eigenvalue weighted by atomic mass is 16.5. The number of benzene rings is 1. The van der Waals surface area contributed by atoms with Crippen LogP contribution in [0.4, 0.5) is 0 Å². The number of aromatic carboxylic acids is 1. The third-order valence-corrected chi connectivity index (χ3v) is 3.64. The zero-order valence-electron chi connectivity index (χ0n) is 15.1. The van der Waals surface area contributed by atoms with Crippen LogP contribution in [0.1, 0.15) is 39.0 Å². The van der Waals surface area contributed by atoms with Gasteiger partial charge in [0.05, 0.1) is 11.3 Å². The van der Waals surface area contributed by atoms with Crippen molar-refractivity contribution in [1.82, 2.24) is 15.6 Å². The van der Waals surface area contributed by atoms with Crippen LogP contribution in [-0.2, 0) is 11.3 Å². The highest BCUT2D eigenvalue weighted by Gasteiger charge is 2.13. The lowest BCUT2D eigenvalue weighted by Crippen LogP contribution is -2.28. The number of hydrogen-bond acceptors (Lipinski definition) is 5. The predicted molar refractivity (Wildman–Crippen MR) is 97.7 cm³/mol. The minimum absolute atomic E-state index is 0.0588. The number of amides is 2. The second kappa shape index (κ2) is 9.33. The van der Waals surface area contributed by atoms with Crippen molar-refractivity contribution in [1.29, 1.82) is 0 Å². The summed E-state index contributed by atoms with van der Waals surface area (Å²) in [6.07, 6.45) is 0. The second-order valence-corrected chi connectivity index (χ2v) is 5.71. The number of carbonyl (C=O) groups is 3. The van der Waals surface area contributed by atoms with Crippen LogP contribution in [0.25, 0.3) is 0 Å². The van der Waals surface area contributed by atoms with Gasteiger partial charge >= 0.3 is 5.97 Å². The summed E-state index contributed by atoms with van der Waals surface area (Å²) in [6.45, 7) is 4.05. The van der Waals surface area contributed by atoms with Gasteiger partial charge in [-0.25, -0.2) is 9.78 Å². The normalized spacial score (nSPS) is 10.1. The number of aromatic nitrogens is 1. The van der Waals surface area contributed by atoms with Gasteiger partial charge in [-0.2, -0.15) is 0 Å². The molecule has 3 N–H and O–H groups in total. The maximum atomic E-state index is 12.2. The van der Waals surface area contributed by atoms with E-state index in [-0.39, 0.29) is 36.0 Å². The van der Waals surface area contributed by atoms with E-state index in [0.29, 0.717) is 12.3 Å². The van der Waals surface area contributed by atoms with Crippen molar-refractivity contribution >= 4 is 17.8 Å². The van der Waals surface area contributed by atoms with Crippen molar-refractivity contribution in [3.8, 4) is 5.75 Å². The molecule has 0 fully saturated rings. The van der Waals surface area contributed by atoms with Crippen molar-refractivity contribution in [2.45, 2.75) is 20.4 Å². The van der Waals surface area contributed by atoms with Gasteiger partial charge < -0.3 is 20.5 Å². The fourth-order valence-electron chi connectivity index (χ4n) is 2.33. The van der Waals surface area contributed by atoms with Crippen molar-refractivity contribution in [3.05, 3.63) is 58.9 Å². The van der Waals surface area contributed by atoms with E-state index in [2.05, 4.69) is 15.6 Å². The standard InChI is InChI=1S/C19H21N3O5/c1-3-20-17(23)11-27-14-6-4-5-13(9-14)10-21-18(24)16-8-7-15(19(25)26)12(2)22-16/h4-9H,3,10-11H2,1-2H3,(H,20,23)(H,21,24)(H,25,26). The highest BCUT2D eigenvalue weighted by molar-refractivity contribution is 5.94. The summed E-state index contributed by atoms with van der Waals surface area (Å²) in [5.74, 6) is -1.18. The minimum atomic E-state index is -1.09. The molecule has 0 aliphatic carbocycles. The van der Waals surface area contributed by atoms with Crippen LogP contribution in [0.2, 0.25) is 0 Å². The van der Waals surface area contributed by atoms with Gasteiger partial charge in [0.25, 0.3) is 11.8 Å². The molecule has 0 unspecified atom stereocenters. The Balaban J connectivity index is 1.95. The summed E-state index contributed by atoms with van der Waals surface area (Å²) < 4.78 is 5.41. The van der Waals surface area contributed by atoms with Gasteiger partial charge in [0.2, 0.25) is 0 Å². The average molecular weight is 371 g/mol. The molecule has 8 nitrogen and oxygen atoms in total. The first kappa shape index (κ1) is 19.9. The highest BCUT2D eigenvalue weighted by Crippen LogP contribution is 2.13. The number of rotatable bonds is 8. The molecule has 1 aromatic carbocycles. The van der Waals surface area contributed by atoms with Crippen LogP contribution >= 0.6 is 0 Å². The van der Waals surface area contributed by atoms with E-state index in [4.69, 9.17) is 9.84 Å². The predicted octanol–water partition coefficient (Wildman–Crippen LogP) is 1.53. The van der Waals surface area contributed by atoms with E-state index in [0.717, 1.165) is 5.56 Å². The molecule has 8 heteroatoms. The minimum Gasteiger partial charge on any atom is -0.484 e. The zero-order chi connectivity index (χ0) is 19.8. The van der Waals surface area contributed by atoms with Gasteiger partial charge in [0.15, 0.2) is 6.61 Å². The van der Waals surface area contributed by atoms with Crippen LogP contribution in [0, 0.1) is 6.92 Å². The maximum Gasteiger partial charge on any atom is 0.337 e. The van der Waals surface area contributed by atoms with Crippen molar-refractivity contribution in [2.75, 3.05) is 13.2 Å². The Morgan fingerprint density at radius 2 is 1.93 bits per heavy atom. The van der Waals surface area contributed by atoms with Gasteiger partial charge in [-0.05, 0) is 43.7 Å². The Labute approximate surface area is 156 Å². The Hall–Kier alpha value is -3.42. The molecular formula is C19H21N3O5. The van der Waals surface area contributed by atoms with E-state index in [1.165, 1.54) is 19.1 Å². The summed E-state index contributed by atoms with van der Waals surface area (Å²) in [4.78, 5) is 38.7. The topological polar surface area (TPSA) is 118 Å². The SMILES string of the molecule is CCNC(=O)COc1cccc(CNC(=O)c2ccc(C(=O)O)c(C)n2)c1. The van der Waals surface area contributed by atoms with E-state index in [1.807, 2.05) is 13.0 Å². The number of carbonyl (C=O) groups excluding carboxylic acids is 2. The molecule has 2 rings (SSSR count). The number of pyridine rings is 1. The second-order valence-electron chi connectivity index (χ2n) is 5.71. The first-order chi connectivity index (χ1) is 12.9. The number of ether oxygens (including phenoxy) is 1. The number of aryl methyl sites for hydroxylation is 1. The first-order valence-corrected chi connectivity index (χ1v) is 8.38. The molecule has 0 spiro atoms. The lowest BCUT2D eigenvalue weighted by molar-refractivity contribution is -0.122. The van der Waals surface area contributed by atoms with E-state index >= 15 is 0 Å². The lowest BCUT2D eigenvalue weighted by Gasteiger charge is -2.09. The summed E-state index contributed by atoms with van der Waals surface area (Å²) in [6, 6.07) is 9.75. The molecule has 0 bridgehead atoms. The van der Waals surface area contributed by atoms with Gasteiger partial charge in [-0.15, -0.1) is 0 Å². The Morgan fingerprint density at radius 1 is 1.15 bits per heavy atom. The molecule has 0 radical (unpaired) electrons. The maximum absolute atomic E-state index is 12.2. The summed E-state index contributed by atoms with van der Waals surface area (Å²) in [5.41, 5.74) is 1.26. The molecule has 0 aliphatic rings. The zero-order valence-corrected chi connectivity index (χ0v) is 15.1. The monoisotopic (exact) mass is 371 g/mol. The number of carboxylic acids is 1. The van der Waals surface area contributed by atoms with Crippen LogP contribution in [0.5, 0.6) is 5.75 Å². The van der Waals surface area contributed by atoms with Crippen molar-refractivity contribution < 1.29 is 24.2 Å². The molecule has 1 heterocycles. The molecule has 0 saturated heterocycles. The quantitative estimate of drug-likeness (QED) is 0.648. The van der Waals surface area contributed by atoms with Crippen LogP contribution in [0.3, 0.4) is 0 Å². The van der Waals surface area contributed by atoms with Crippen molar-refractivity contribution in [2.24, 2.45) is 0 Å². The van der Waals surface area contributed by atoms with Crippen LogP contribution < -0.4 is 15.4 Å². The molecule has 2 aromatic rings. The molecule has 27 heavy (non-hydrogen) atoms. The van der Waals surface area contributed by atoms with Gasteiger partial charge in [-0.1, -0.05) is 12.1 Å². The third-order valence-electron chi connectivity index (χ3n) is 3.64. The number of hydrogen-bond donors (Lipinski definition) is 3. The number of likely N-dealkylation sites (N-methyl/N-ethyl adjacent to an activating group) is 1. The molecule has 0 aliphatic heterocycles. The molecule has 0 atom stereocenters. The molecule has 1 aromatic heterocycles. The lowest BCUT2D eigenvalue weighted by atomic mass is 10.1. The number of nitrogens with zero attached hydrogens (tertiary/aromatic N) is 1. The summed E-state index contributed by atoms with van der Waals surface area (Å²) in [7, 11) is 0. The fraction of sp³-hybridized carbons (Fsp3) is 0.263. The van der Waals surface area contributed by atoms with Gasteiger partial charge in [-0.3, -0.25) is 9.59 Å². The third kappa shape index (κ3) is 5.81. The van der Waals surface area contributed by atoms with Gasteiger partial charge in [0, 0.05) is 13.1 Å². The average Bonchev–Trinajstić information content (AvgIpc) is 2.64. The molecule has 142 valence electrons. The van der Waals surface area contributed by atoms with E-state index in [1.54, 1.807) is 18.2 Å². The first-order valence-electron chi connectivity index (χ1n) is 8.38. The smallest absolute Gasteiger partial charge is 0.337 e. The van der Waals surface area contributed by atoms with Crippen molar-refractivity contribution in [3.63, 3.8) is 0 Å². The van der Waals surface area contributed by atoms with E-state index in [9.17, 15) is 14.4 Å². The van der Waals surface area contributed by atoms with Crippen LogP contribution in [-0.4, -0.2) is 41.0 Å². The van der Waals surface area contributed by atoms with E-state index < -0.39 is 11.9 Å². The molecule has 2 amide bonds. The van der Waals surface area contributed by atoms with Gasteiger partial charge in [0.1, 0.15) is 11.4 Å². The Morgan fingerprint density at radius 3 is 2.59 bits per heavy atom. The number of nitrogens with one attached hydrogen (secondary N) is 2.